The average Bonchev–Trinajstić information content (AvgIpc) is 1.83. The van der Waals surface area contributed by atoms with Crippen LogP contribution >= 0.6 is 0 Å². The van der Waals surface area contributed by atoms with Gasteiger partial charge in [-0.1, -0.05) is 58.4 Å². The quantitative estimate of drug-likeness (QED) is 0.0111. The van der Waals surface area contributed by atoms with Gasteiger partial charge in [-0.25, -0.2) is 28.8 Å². The van der Waals surface area contributed by atoms with E-state index < -0.39 is 84.3 Å². The summed E-state index contributed by atoms with van der Waals surface area (Å²) in [6.45, 7) is 14.0. The van der Waals surface area contributed by atoms with Crippen molar-refractivity contribution in [2.45, 2.75) is 213 Å². The molecule has 2 fully saturated rings. The molecule has 2 aromatic carbocycles. The minimum absolute atomic E-state index is 0.000661. The van der Waals surface area contributed by atoms with Crippen LogP contribution in [0.15, 0.2) is 122 Å². The number of ketones is 2. The number of ether oxygens (including phenoxy) is 6. The van der Waals surface area contributed by atoms with Gasteiger partial charge in [0.15, 0.2) is 11.6 Å². The van der Waals surface area contributed by atoms with Crippen LogP contribution in [0.2, 0.25) is 0 Å². The number of anilines is 4. The molecule has 2 saturated carbocycles. The SMILES string of the molecule is CC(C)[C@H](NC(=O)CCCCCN1C(=O)C=CC1=O)C(=O)C[C@@H](CCCNC(N)=O)C(=O)Nc1ccc(COC(=O)N[C@H](C)C2CCC(C(=O)Nc3ccncc3)CC2)cc1.CC(C)[C@H](NC(=O)CCOCCOCCOCCOCCN1C(=O)C=CC1=O)C(=O)C[C@@H](CCCNC(N)=O)C(=O)Nc1ccc(COC(=O)N[C@H](C)C2CCC(C(=O)Nc3ccncc3)CC2)cc1.O=C(O)C(F)(F)F.O=C(O)C(F)(F)F. The van der Waals surface area contributed by atoms with Crippen molar-refractivity contribution in [1.82, 2.24) is 51.7 Å². The van der Waals surface area contributed by atoms with E-state index in [0.29, 0.717) is 86.7 Å². The van der Waals surface area contributed by atoms with Gasteiger partial charge in [-0.15, -0.1) is 0 Å². The van der Waals surface area contributed by atoms with Crippen molar-refractivity contribution in [2.75, 3.05) is 100 Å². The molecular weight excluding hydrogens is 1920 g/mol. The van der Waals surface area contributed by atoms with Crippen molar-refractivity contribution in [3.63, 3.8) is 0 Å². The number of imide groups is 2. The normalized spacial score (nSPS) is 16.6. The smallest absolute Gasteiger partial charge is 0.475 e. The highest BCUT2D eigenvalue weighted by molar-refractivity contribution is 6.13. The van der Waals surface area contributed by atoms with Gasteiger partial charge in [0.25, 0.3) is 23.6 Å². The highest BCUT2D eigenvalue weighted by Gasteiger charge is 2.40. The maximum Gasteiger partial charge on any atom is 0.490 e. The summed E-state index contributed by atoms with van der Waals surface area (Å²) < 4.78 is 96.3. The molecule has 798 valence electrons. The first kappa shape index (κ1) is 122. The number of rotatable bonds is 55. The van der Waals surface area contributed by atoms with Gasteiger partial charge in [-0.2, -0.15) is 26.3 Å². The van der Waals surface area contributed by atoms with Crippen molar-refractivity contribution < 1.29 is 151 Å². The Bertz CT molecular complexity index is 4870. The minimum Gasteiger partial charge on any atom is -0.475 e. The second-order valence-electron chi connectivity index (χ2n) is 35.2. The first-order chi connectivity index (χ1) is 68.8. The zero-order valence-corrected chi connectivity index (χ0v) is 81.7. The largest absolute Gasteiger partial charge is 0.490 e. The molecule has 145 heavy (non-hydrogen) atoms. The summed E-state index contributed by atoms with van der Waals surface area (Å²) in [7, 11) is 0. The summed E-state index contributed by atoms with van der Waals surface area (Å²) in [6.07, 6.45) is 8.98. The first-order valence-corrected chi connectivity index (χ1v) is 47.6. The molecule has 6 atom stereocenters. The number of Topliss-reactive ketones (excluding diaryl/α,β-unsaturated/α-hetero) is 2. The number of carbonyl (C=O) groups is 18. The average molecular weight is 2050 g/mol. The third-order valence-corrected chi connectivity index (χ3v) is 23.4. The number of carboxylic acid groups (broad SMARTS) is 2. The molecule has 2 aliphatic carbocycles. The molecule has 0 radical (unpaired) electrons. The number of nitrogens with zero attached hydrogens (tertiary/aromatic N) is 4. The third kappa shape index (κ3) is 48.8. The number of aromatic nitrogens is 2. The highest BCUT2D eigenvalue weighted by Crippen LogP contribution is 2.34. The molecule has 2 aromatic heterocycles. The molecule has 48 heteroatoms. The molecule has 0 saturated heterocycles. The maximum atomic E-state index is 13.7. The molecule has 0 unspecified atom stereocenters. The summed E-state index contributed by atoms with van der Waals surface area (Å²) in [5.41, 5.74) is 14.1. The number of hydrogen-bond acceptors (Lipinski definition) is 26. The van der Waals surface area contributed by atoms with E-state index in [1.165, 1.54) is 24.3 Å². The van der Waals surface area contributed by atoms with Crippen molar-refractivity contribution in [1.29, 1.82) is 0 Å². The van der Waals surface area contributed by atoms with Crippen LogP contribution < -0.4 is 64.6 Å². The molecule has 4 heterocycles. The number of alkyl halides is 6. The summed E-state index contributed by atoms with van der Waals surface area (Å²) in [5.74, 6) is -10.9. The molecule has 16 N–H and O–H groups in total. The Labute approximate surface area is 834 Å². The molecule has 42 nitrogen and oxygen atoms in total. The maximum absolute atomic E-state index is 13.7. The number of hydrogen-bond donors (Lipinski definition) is 14. The molecule has 0 bridgehead atoms. The van der Waals surface area contributed by atoms with Crippen molar-refractivity contribution in [3.8, 4) is 0 Å². The Morgan fingerprint density at radius 1 is 0.407 bits per heavy atom. The van der Waals surface area contributed by atoms with E-state index in [-0.39, 0.29) is 211 Å². The number of aliphatic carboxylic acids is 2. The van der Waals surface area contributed by atoms with Crippen molar-refractivity contribution >= 4 is 130 Å². The fraction of sp³-hybridized carbons (Fsp3) is 0.546. The summed E-state index contributed by atoms with van der Waals surface area (Å²) in [4.78, 5) is 228. The number of urea groups is 2. The number of nitrogens with one attached hydrogen (secondary N) is 10. The van der Waals surface area contributed by atoms with E-state index in [1.54, 1.807) is 111 Å². The number of carbonyl (C=O) groups excluding carboxylic acids is 16. The number of amides is 16. The Morgan fingerprint density at radius 2 is 0.731 bits per heavy atom. The Kier molecular flexibility index (Phi) is 54.2. The fourth-order valence-electron chi connectivity index (χ4n) is 15.3. The van der Waals surface area contributed by atoms with Crippen LogP contribution in [0.3, 0.4) is 0 Å². The van der Waals surface area contributed by atoms with Gasteiger partial charge >= 0.3 is 48.5 Å². The van der Waals surface area contributed by atoms with Crippen LogP contribution in [0.25, 0.3) is 0 Å². The third-order valence-electron chi connectivity index (χ3n) is 23.4. The van der Waals surface area contributed by atoms with Gasteiger partial charge in [0.1, 0.15) is 13.2 Å². The predicted molar refractivity (Wildman–Crippen MR) is 511 cm³/mol. The Balaban J connectivity index is 0.000000453. The zero-order valence-electron chi connectivity index (χ0n) is 81.7. The van der Waals surface area contributed by atoms with Gasteiger partial charge in [0.05, 0.1) is 71.5 Å². The van der Waals surface area contributed by atoms with Crippen LogP contribution in [0.5, 0.6) is 0 Å². The van der Waals surface area contributed by atoms with Gasteiger partial charge in [-0.05, 0) is 187 Å². The number of primary amides is 2. The molecule has 8 rings (SSSR count). The number of unbranched alkanes of at least 4 members (excludes halogenated alkanes) is 2. The standard InChI is InChI=1S/C49H70N8O13.C44H60N8O9.2C2HF3O2/c1-33(2)45(56-42(59)18-23-66-25-27-68-29-30-69-28-26-67-24-22-57-43(60)14-15-44(57)61)41(58)31-38(5-4-19-52-48(50)64)47(63)54-39-12-6-35(7-13-39)32-70-49(65)53-34(3)36-8-10-37(11-9-36)46(62)55-40-16-20-51-21-17-40;1-28(2)40(51-37(54)9-5-4-6-25-52-38(55)18-19-39(52)56)36(53)26-33(8-7-22-47-43(45)59)42(58)49-34-16-10-30(11-17-34)27-61-44(60)48-29(3)31-12-14-32(15-13-31)41(57)50-35-20-23-46-24-21-35;2*3-2(4,5)1(6)7/h6-7,12-17,20-21,33-34,36-38,45H,4-5,8-11,18-19,22-32H2,1-3H3,(H,53,65)(H,54,63)(H,56,59)(H3,50,52,64)(H,51,55,62);10-11,16-21,23-24,28-29,31-33,40H,4-9,12-15,22,25-27H2,1-3H3,(H,48,60)(H,49,58)(H,51,54)(H3,45,47,59)(H,46,50,57);2*(H,6,7)/t34-,36?,37?,38-,45+;29-,31?,32?,33-,40+;;/m11../s1. The van der Waals surface area contributed by atoms with Gasteiger partial charge < -0.3 is 103 Å². The highest BCUT2D eigenvalue weighted by atomic mass is 19.4. The van der Waals surface area contributed by atoms with E-state index in [0.717, 1.165) is 66.9 Å². The number of carboxylic acids is 2. The van der Waals surface area contributed by atoms with Crippen LogP contribution in [-0.2, 0) is 109 Å². The van der Waals surface area contributed by atoms with E-state index in [9.17, 15) is 103 Å². The van der Waals surface area contributed by atoms with E-state index in [2.05, 4.69) is 63.1 Å². The number of alkyl carbamates (subject to hydrolysis) is 2. The molecular formula is C97H132F6N16O26. The monoisotopic (exact) mass is 2050 g/mol. The molecule has 16 amide bonds. The first-order valence-electron chi connectivity index (χ1n) is 47.6. The lowest BCUT2D eigenvalue weighted by Gasteiger charge is -2.31. The summed E-state index contributed by atoms with van der Waals surface area (Å²) >= 11 is 0. The van der Waals surface area contributed by atoms with Crippen LogP contribution in [0.4, 0.5) is 68.3 Å². The molecule has 2 aliphatic heterocycles. The minimum atomic E-state index is -5.08. The van der Waals surface area contributed by atoms with Crippen molar-refractivity contribution in [3.05, 3.63) is 133 Å². The molecule has 4 aliphatic rings. The van der Waals surface area contributed by atoms with Crippen LogP contribution in [0, 0.1) is 47.3 Å². The lowest BCUT2D eigenvalue weighted by molar-refractivity contribution is -0.193. The molecule has 4 aromatic rings. The lowest BCUT2D eigenvalue weighted by Crippen LogP contribution is -2.45. The lowest BCUT2D eigenvalue weighted by atomic mass is 9.78. The topological polar surface area (TPSA) is 608 Å². The van der Waals surface area contributed by atoms with Gasteiger partial charge in [0.2, 0.25) is 35.4 Å². The predicted octanol–water partition coefficient (Wildman–Crippen LogP) is 9.62. The fourth-order valence-corrected chi connectivity index (χ4v) is 15.3. The number of benzene rings is 2. The van der Waals surface area contributed by atoms with Gasteiger partial charge in [0, 0.05) is 153 Å². The second-order valence-corrected chi connectivity index (χ2v) is 35.2. The number of halogens is 6. The van der Waals surface area contributed by atoms with Crippen molar-refractivity contribution in [2.24, 2.45) is 58.8 Å². The van der Waals surface area contributed by atoms with Gasteiger partial charge in [-0.3, -0.25) is 77.3 Å². The second kappa shape index (κ2) is 64.7. The Morgan fingerprint density at radius 3 is 1.07 bits per heavy atom. The van der Waals surface area contributed by atoms with Crippen LogP contribution in [0.1, 0.15) is 175 Å². The molecule has 0 spiro atoms. The number of pyridine rings is 2. The van der Waals surface area contributed by atoms with E-state index in [1.807, 2.05) is 27.7 Å². The van der Waals surface area contributed by atoms with E-state index in [4.69, 9.17) is 59.7 Å². The zero-order chi connectivity index (χ0) is 107. The van der Waals surface area contributed by atoms with Crippen LogP contribution in [-0.4, -0.2) is 252 Å². The number of nitrogens with two attached hydrogens (primary N) is 2. The van der Waals surface area contributed by atoms with E-state index >= 15 is 0 Å². The summed E-state index contributed by atoms with van der Waals surface area (Å²) in [5, 5.41) is 42.3. The summed E-state index contributed by atoms with van der Waals surface area (Å²) in [6, 6.07) is 17.2. The Hall–Kier alpha value is -13.9.